The van der Waals surface area contributed by atoms with Crippen LogP contribution in [0.25, 0.3) is 133 Å². The highest BCUT2D eigenvalue weighted by Gasteiger charge is 2.16. The standard InChI is InChI=1S/4C21H16N2/c1-15-22-19-14-8-13-18(16-9-4-2-5-10-16)20(19)21(23-15)17-11-6-3-7-12-17;1-15-22-20(17-11-6-3-7-12-17)19-14-8-13-18(21(19)23-15)16-9-4-2-5-10-16;1-15-22-20-13-12-18(16-8-4-2-5-9-16)14-19(20)21(23-15)17-10-6-3-7-11-17;1-15-22-20-14-18(16-8-4-2-5-9-16)12-13-19(20)21(23-15)17-10-6-3-7-11-17/h4*2-14H,1H3. The summed E-state index contributed by atoms with van der Waals surface area (Å²) in [6.45, 7) is 7.78. The summed E-state index contributed by atoms with van der Waals surface area (Å²) in [6, 6.07) is 108. The van der Waals surface area contributed by atoms with Crippen molar-refractivity contribution < 1.29 is 0 Å². The van der Waals surface area contributed by atoms with Gasteiger partial charge in [-0.2, -0.15) is 0 Å². The zero-order valence-corrected chi connectivity index (χ0v) is 51.6. The fraction of sp³-hybridized carbons (Fsp3) is 0.0476. The van der Waals surface area contributed by atoms with Crippen LogP contribution < -0.4 is 0 Å². The fourth-order valence-electron chi connectivity index (χ4n) is 11.6. The molecule has 0 fully saturated rings. The topological polar surface area (TPSA) is 103 Å². The van der Waals surface area contributed by atoms with Crippen LogP contribution in [0.4, 0.5) is 0 Å². The van der Waals surface area contributed by atoms with E-state index >= 15 is 0 Å². The number of nitrogens with zero attached hydrogens (tertiary/aromatic N) is 8. The van der Waals surface area contributed by atoms with Gasteiger partial charge in [0.25, 0.3) is 0 Å². The van der Waals surface area contributed by atoms with Gasteiger partial charge in [0.1, 0.15) is 23.3 Å². The zero-order valence-electron chi connectivity index (χ0n) is 51.6. The molecule has 16 aromatic rings. The number of aryl methyl sites for hydroxylation is 4. The molecule has 12 aromatic carbocycles. The molecule has 0 saturated carbocycles. The minimum atomic E-state index is 0.791. The summed E-state index contributed by atoms with van der Waals surface area (Å²) < 4.78 is 0. The van der Waals surface area contributed by atoms with Crippen molar-refractivity contribution >= 4 is 43.6 Å². The van der Waals surface area contributed by atoms with E-state index in [0.717, 1.165) is 118 Å². The van der Waals surface area contributed by atoms with Crippen molar-refractivity contribution in [2.45, 2.75) is 27.7 Å². The number of benzene rings is 12. The highest BCUT2D eigenvalue weighted by molar-refractivity contribution is 6.04. The molecule has 4 aromatic heterocycles. The molecule has 0 bridgehead atoms. The Morgan fingerprint density at radius 2 is 0.533 bits per heavy atom. The zero-order chi connectivity index (χ0) is 62.6. The van der Waals surface area contributed by atoms with Crippen molar-refractivity contribution in [2.75, 3.05) is 0 Å². The Kier molecular flexibility index (Phi) is 17.7. The van der Waals surface area contributed by atoms with Crippen LogP contribution in [0.15, 0.2) is 315 Å². The van der Waals surface area contributed by atoms with Crippen molar-refractivity contribution in [1.82, 2.24) is 39.9 Å². The van der Waals surface area contributed by atoms with Crippen LogP contribution in [0.5, 0.6) is 0 Å². The van der Waals surface area contributed by atoms with Crippen molar-refractivity contribution in [2.24, 2.45) is 0 Å². The fourth-order valence-corrected chi connectivity index (χ4v) is 11.6. The Morgan fingerprint density at radius 3 is 1.03 bits per heavy atom. The lowest BCUT2D eigenvalue weighted by molar-refractivity contribution is 1.10. The van der Waals surface area contributed by atoms with E-state index in [0.29, 0.717) is 0 Å². The summed E-state index contributed by atoms with van der Waals surface area (Å²) in [6.07, 6.45) is 0. The van der Waals surface area contributed by atoms with E-state index in [2.05, 4.69) is 238 Å². The average Bonchev–Trinajstić information content (AvgIpc) is 0.869. The highest BCUT2D eigenvalue weighted by Crippen LogP contribution is 2.37. The Balaban J connectivity index is 0.000000112. The van der Waals surface area contributed by atoms with Crippen molar-refractivity contribution in [3.8, 4) is 89.5 Å². The van der Waals surface area contributed by atoms with Gasteiger partial charge < -0.3 is 0 Å². The van der Waals surface area contributed by atoms with Crippen LogP contribution in [-0.4, -0.2) is 39.9 Å². The van der Waals surface area contributed by atoms with E-state index in [9.17, 15) is 0 Å². The number of para-hydroxylation sites is 1. The molecule has 0 amide bonds. The van der Waals surface area contributed by atoms with Crippen LogP contribution in [0.2, 0.25) is 0 Å². The maximum atomic E-state index is 4.75. The predicted octanol–water partition coefficient (Wildman–Crippen LogP) is 21.1. The number of aromatic nitrogens is 8. The first-order valence-electron chi connectivity index (χ1n) is 30.8. The third-order valence-corrected chi connectivity index (χ3v) is 15.9. The van der Waals surface area contributed by atoms with Gasteiger partial charge in [0.05, 0.1) is 44.8 Å². The normalized spacial score (nSPS) is 10.8. The van der Waals surface area contributed by atoms with Gasteiger partial charge in [-0.15, -0.1) is 0 Å². The molecule has 8 nitrogen and oxygen atoms in total. The molecule has 0 aliphatic rings. The van der Waals surface area contributed by atoms with E-state index in [1.54, 1.807) is 0 Å². The minimum Gasteiger partial charge on any atom is -0.233 e. The van der Waals surface area contributed by atoms with Gasteiger partial charge in [0.2, 0.25) is 0 Å². The van der Waals surface area contributed by atoms with Gasteiger partial charge in [-0.3, -0.25) is 0 Å². The summed E-state index contributed by atoms with van der Waals surface area (Å²) >= 11 is 0. The van der Waals surface area contributed by atoms with Crippen LogP contribution in [0, 0.1) is 27.7 Å². The van der Waals surface area contributed by atoms with Crippen molar-refractivity contribution in [1.29, 1.82) is 0 Å². The summed E-state index contributed by atoms with van der Waals surface area (Å²) in [5.74, 6) is 3.17. The van der Waals surface area contributed by atoms with E-state index in [1.165, 1.54) is 38.9 Å². The monoisotopic (exact) mass is 1180 g/mol. The second-order valence-electron chi connectivity index (χ2n) is 22.3. The van der Waals surface area contributed by atoms with E-state index in [4.69, 9.17) is 19.9 Å². The van der Waals surface area contributed by atoms with Gasteiger partial charge >= 0.3 is 0 Å². The van der Waals surface area contributed by atoms with Gasteiger partial charge in [0, 0.05) is 49.4 Å². The molecule has 0 unspecified atom stereocenters. The van der Waals surface area contributed by atoms with Gasteiger partial charge in [0.15, 0.2) is 0 Å². The lowest BCUT2D eigenvalue weighted by Gasteiger charge is -2.12. The van der Waals surface area contributed by atoms with E-state index in [1.807, 2.05) is 125 Å². The Labute approximate surface area is 536 Å². The number of rotatable bonds is 8. The first kappa shape index (κ1) is 59.0. The molecule has 16 rings (SSSR count). The first-order chi connectivity index (χ1) is 45.3. The number of hydrogen-bond donors (Lipinski definition) is 0. The molecule has 92 heavy (non-hydrogen) atoms. The number of hydrogen-bond acceptors (Lipinski definition) is 8. The Bertz CT molecular complexity index is 5100. The maximum absolute atomic E-state index is 4.75. The molecule has 0 N–H and O–H groups in total. The summed E-state index contributed by atoms with van der Waals surface area (Å²) in [5.41, 5.74) is 21.8. The highest BCUT2D eigenvalue weighted by atomic mass is 14.9. The van der Waals surface area contributed by atoms with Crippen molar-refractivity contribution in [3.05, 3.63) is 339 Å². The molecular formula is C84H64N8. The molecule has 0 aliphatic heterocycles. The quantitative estimate of drug-likeness (QED) is 0.148. The molecule has 0 saturated heterocycles. The SMILES string of the molecule is Cc1nc(-c2ccccc2)c2c(-c3ccccc3)cccc2n1.Cc1nc(-c2ccccc2)c2cc(-c3ccccc3)ccc2n1.Cc1nc(-c2ccccc2)c2ccc(-c3ccccc3)cc2n1.Cc1nc(-c2ccccc2)c2cccc(-c3ccccc3)c2n1. The van der Waals surface area contributed by atoms with Gasteiger partial charge in [-0.1, -0.05) is 285 Å². The van der Waals surface area contributed by atoms with Crippen LogP contribution in [-0.2, 0) is 0 Å². The van der Waals surface area contributed by atoms with Crippen molar-refractivity contribution in [3.63, 3.8) is 0 Å². The van der Waals surface area contributed by atoms with Crippen LogP contribution >= 0.6 is 0 Å². The second-order valence-corrected chi connectivity index (χ2v) is 22.3. The smallest absolute Gasteiger partial charge is 0.126 e. The lowest BCUT2D eigenvalue weighted by Crippen LogP contribution is -1.95. The lowest BCUT2D eigenvalue weighted by atomic mass is 9.97. The first-order valence-corrected chi connectivity index (χ1v) is 30.8. The van der Waals surface area contributed by atoms with Crippen LogP contribution in [0.3, 0.4) is 0 Å². The molecular weight excluding hydrogens is 1120 g/mol. The average molecular weight is 1190 g/mol. The van der Waals surface area contributed by atoms with E-state index in [-0.39, 0.29) is 0 Å². The molecule has 440 valence electrons. The third-order valence-electron chi connectivity index (χ3n) is 15.9. The summed E-state index contributed by atoms with van der Waals surface area (Å²) in [4.78, 5) is 37.4. The molecule has 0 atom stereocenters. The maximum Gasteiger partial charge on any atom is 0.126 e. The Morgan fingerprint density at radius 1 is 0.185 bits per heavy atom. The van der Waals surface area contributed by atoms with Crippen LogP contribution in [0.1, 0.15) is 23.3 Å². The summed E-state index contributed by atoms with van der Waals surface area (Å²) in [7, 11) is 0. The number of fused-ring (bicyclic) bond motifs is 4. The Hall–Kier alpha value is -12.0. The summed E-state index contributed by atoms with van der Waals surface area (Å²) in [5, 5.41) is 4.36. The predicted molar refractivity (Wildman–Crippen MR) is 381 cm³/mol. The third kappa shape index (κ3) is 13.4. The second kappa shape index (κ2) is 27.6. The molecule has 8 heteroatoms. The minimum absolute atomic E-state index is 0.791. The molecule has 0 radical (unpaired) electrons. The molecule has 4 heterocycles. The van der Waals surface area contributed by atoms with E-state index < -0.39 is 0 Å². The molecule has 0 aliphatic carbocycles. The van der Waals surface area contributed by atoms with Gasteiger partial charge in [-0.25, -0.2) is 39.9 Å². The largest absolute Gasteiger partial charge is 0.233 e. The molecule has 0 spiro atoms. The van der Waals surface area contributed by atoms with Gasteiger partial charge in [-0.05, 0) is 97.0 Å².